The molecule has 0 unspecified atom stereocenters. The number of carbonyl (C=O) groups is 1. The van der Waals surface area contributed by atoms with E-state index >= 15 is 4.39 Å². The number of carboxylic acid groups (broad SMARTS) is 1. The van der Waals surface area contributed by atoms with Gasteiger partial charge in [-0.3, -0.25) is 0 Å². The monoisotopic (exact) mass is 553 g/mol. The van der Waals surface area contributed by atoms with Crippen LogP contribution in [0.1, 0.15) is 24.0 Å². The summed E-state index contributed by atoms with van der Waals surface area (Å²) < 4.78 is 71.4. The third kappa shape index (κ3) is 5.22. The first kappa shape index (κ1) is 26.8. The van der Waals surface area contributed by atoms with Crippen molar-refractivity contribution in [2.75, 3.05) is 18.0 Å². The van der Waals surface area contributed by atoms with Crippen molar-refractivity contribution in [3.8, 4) is 28.5 Å². The van der Waals surface area contributed by atoms with Crippen LogP contribution < -0.4 is 10.2 Å². The van der Waals surface area contributed by atoms with Crippen LogP contribution in [0.5, 0.6) is 0 Å². The van der Waals surface area contributed by atoms with E-state index in [4.69, 9.17) is 10.4 Å². The fourth-order valence-electron chi connectivity index (χ4n) is 4.83. The van der Waals surface area contributed by atoms with Gasteiger partial charge >= 0.3 is 12.3 Å². The maximum absolute atomic E-state index is 15.6. The second-order valence-corrected chi connectivity index (χ2v) is 9.29. The minimum absolute atomic E-state index is 0.0577. The van der Waals surface area contributed by atoms with Crippen LogP contribution in [-0.4, -0.2) is 40.3 Å². The van der Waals surface area contributed by atoms with E-state index in [1.54, 1.807) is 11.0 Å². The molecule has 1 amide bonds. The Balaban J connectivity index is 1.68. The number of nitrogens with one attached hydrogen (secondary N) is 1. The van der Waals surface area contributed by atoms with Gasteiger partial charge in [0.1, 0.15) is 23.2 Å². The standard InChI is InChI=1S/C28H20F5N5O2/c29-22-12-15(5-6-16(22)14-34)24-20-11-17(19-3-1-2-4-21(19)28(31,32)33)13-23(30)25(20)37-26(36-24)38-9-7-18(8-10-38)35-27(39)40/h1-6,11-13,18,35H,7-10H2,(H,39,40). The van der Waals surface area contributed by atoms with Crippen LogP contribution in [0.3, 0.4) is 0 Å². The van der Waals surface area contributed by atoms with Crippen LogP contribution in [-0.2, 0) is 6.18 Å². The summed E-state index contributed by atoms with van der Waals surface area (Å²) in [5.41, 5.74) is -1.41. The van der Waals surface area contributed by atoms with Gasteiger partial charge in [-0.05, 0) is 54.3 Å². The lowest BCUT2D eigenvalue weighted by Gasteiger charge is -2.32. The molecule has 7 nitrogen and oxygen atoms in total. The van der Waals surface area contributed by atoms with E-state index in [9.17, 15) is 22.4 Å². The zero-order valence-corrected chi connectivity index (χ0v) is 20.6. The third-order valence-corrected chi connectivity index (χ3v) is 6.75. The van der Waals surface area contributed by atoms with Crippen LogP contribution in [0.25, 0.3) is 33.3 Å². The largest absolute Gasteiger partial charge is 0.465 e. The van der Waals surface area contributed by atoms with Crippen molar-refractivity contribution < 1.29 is 31.9 Å². The number of aromatic nitrogens is 2. The molecule has 0 aliphatic carbocycles. The average Bonchev–Trinajstić information content (AvgIpc) is 2.92. The van der Waals surface area contributed by atoms with E-state index in [-0.39, 0.29) is 50.8 Å². The average molecular weight is 553 g/mol. The molecule has 40 heavy (non-hydrogen) atoms. The Morgan fingerprint density at radius 2 is 1.70 bits per heavy atom. The summed E-state index contributed by atoms with van der Waals surface area (Å²) in [7, 11) is 0. The number of hydrogen-bond acceptors (Lipinski definition) is 5. The number of fused-ring (bicyclic) bond motifs is 1. The van der Waals surface area contributed by atoms with Gasteiger partial charge in [-0.2, -0.15) is 18.4 Å². The van der Waals surface area contributed by atoms with Crippen LogP contribution in [0.4, 0.5) is 32.7 Å². The topological polar surface area (TPSA) is 102 Å². The van der Waals surface area contributed by atoms with Crippen molar-refractivity contribution in [2.45, 2.75) is 25.1 Å². The Morgan fingerprint density at radius 1 is 1.00 bits per heavy atom. The SMILES string of the molecule is N#Cc1ccc(-c2nc(N3CCC(NC(=O)O)CC3)nc3c(F)cc(-c4ccccc4C(F)(F)F)cc23)cc1F. The van der Waals surface area contributed by atoms with Gasteiger partial charge in [-0.1, -0.05) is 24.3 Å². The lowest BCUT2D eigenvalue weighted by molar-refractivity contribution is -0.137. The van der Waals surface area contributed by atoms with Gasteiger partial charge in [-0.15, -0.1) is 0 Å². The van der Waals surface area contributed by atoms with Gasteiger partial charge in [0.15, 0.2) is 0 Å². The highest BCUT2D eigenvalue weighted by molar-refractivity contribution is 5.96. The van der Waals surface area contributed by atoms with Gasteiger partial charge in [-0.25, -0.2) is 23.5 Å². The lowest BCUT2D eigenvalue weighted by Crippen LogP contribution is -2.44. The van der Waals surface area contributed by atoms with E-state index in [0.29, 0.717) is 25.9 Å². The maximum atomic E-state index is 15.6. The quantitative estimate of drug-likeness (QED) is 0.285. The van der Waals surface area contributed by atoms with Crippen LogP contribution in [0, 0.1) is 23.0 Å². The van der Waals surface area contributed by atoms with Crippen LogP contribution >= 0.6 is 0 Å². The summed E-state index contributed by atoms with van der Waals surface area (Å²) in [6.45, 7) is 0.687. The predicted molar refractivity (Wildman–Crippen MR) is 136 cm³/mol. The molecule has 0 bridgehead atoms. The maximum Gasteiger partial charge on any atom is 0.417 e. The molecular formula is C28H20F5N5O2. The smallest absolute Gasteiger partial charge is 0.417 e. The molecule has 4 aromatic rings. The third-order valence-electron chi connectivity index (χ3n) is 6.75. The first-order valence-corrected chi connectivity index (χ1v) is 12.2. The van der Waals surface area contributed by atoms with Gasteiger partial charge in [0.25, 0.3) is 0 Å². The molecule has 1 aliphatic heterocycles. The molecule has 0 saturated carbocycles. The molecule has 2 N–H and O–H groups in total. The number of nitrogens with zero attached hydrogens (tertiary/aromatic N) is 4. The molecule has 3 aromatic carbocycles. The molecule has 1 fully saturated rings. The molecule has 1 aliphatic rings. The molecule has 5 rings (SSSR count). The number of hydrogen-bond donors (Lipinski definition) is 2. The van der Waals surface area contributed by atoms with Crippen molar-refractivity contribution in [1.82, 2.24) is 15.3 Å². The van der Waals surface area contributed by atoms with E-state index in [1.165, 1.54) is 36.4 Å². The number of amides is 1. The Bertz CT molecular complexity index is 1660. The van der Waals surface area contributed by atoms with E-state index in [0.717, 1.165) is 18.2 Å². The van der Waals surface area contributed by atoms with Gasteiger partial charge in [0.05, 0.1) is 16.8 Å². The second-order valence-electron chi connectivity index (χ2n) is 9.29. The van der Waals surface area contributed by atoms with Gasteiger partial charge in [0, 0.05) is 30.1 Å². The first-order valence-electron chi connectivity index (χ1n) is 12.2. The van der Waals surface area contributed by atoms with Crippen molar-refractivity contribution in [1.29, 1.82) is 5.26 Å². The highest BCUT2D eigenvalue weighted by Crippen LogP contribution is 2.40. The first-order chi connectivity index (χ1) is 19.0. The molecule has 12 heteroatoms. The summed E-state index contributed by atoms with van der Waals surface area (Å²) in [4.78, 5) is 21.6. The molecule has 1 aromatic heterocycles. The molecule has 0 radical (unpaired) electrons. The Kier molecular flexibility index (Phi) is 6.97. The van der Waals surface area contributed by atoms with Gasteiger partial charge < -0.3 is 15.3 Å². The van der Waals surface area contributed by atoms with Crippen LogP contribution in [0.15, 0.2) is 54.6 Å². The zero-order chi connectivity index (χ0) is 28.6. The Hall–Kier alpha value is -4.79. The van der Waals surface area contributed by atoms with E-state index < -0.39 is 29.5 Å². The zero-order valence-electron chi connectivity index (χ0n) is 20.6. The predicted octanol–water partition coefficient (Wildman–Crippen LogP) is 6.37. The van der Waals surface area contributed by atoms with Gasteiger partial charge in [0.2, 0.25) is 5.95 Å². The van der Waals surface area contributed by atoms with Crippen molar-refractivity contribution in [3.63, 3.8) is 0 Å². The Labute approximate surface area is 224 Å². The van der Waals surface area contributed by atoms with Crippen molar-refractivity contribution >= 4 is 22.9 Å². The number of alkyl halides is 3. The Morgan fingerprint density at radius 3 is 2.35 bits per heavy atom. The fraction of sp³-hybridized carbons (Fsp3) is 0.214. The molecule has 0 atom stereocenters. The molecular weight excluding hydrogens is 533 g/mol. The molecule has 1 saturated heterocycles. The molecule has 204 valence electrons. The van der Waals surface area contributed by atoms with E-state index in [2.05, 4.69) is 15.3 Å². The number of piperidine rings is 1. The highest BCUT2D eigenvalue weighted by atomic mass is 19.4. The lowest BCUT2D eigenvalue weighted by atomic mass is 9.96. The fourth-order valence-corrected chi connectivity index (χ4v) is 4.83. The van der Waals surface area contributed by atoms with E-state index in [1.807, 2.05) is 0 Å². The number of benzene rings is 3. The highest BCUT2D eigenvalue weighted by Gasteiger charge is 2.34. The van der Waals surface area contributed by atoms with Crippen LogP contribution in [0.2, 0.25) is 0 Å². The molecule has 2 heterocycles. The molecule has 0 spiro atoms. The number of halogens is 5. The summed E-state index contributed by atoms with van der Waals surface area (Å²) in [5.74, 6) is -1.64. The summed E-state index contributed by atoms with van der Waals surface area (Å²) >= 11 is 0. The second kappa shape index (κ2) is 10.4. The number of anilines is 1. The van der Waals surface area contributed by atoms with Crippen molar-refractivity contribution in [2.24, 2.45) is 0 Å². The number of rotatable bonds is 4. The summed E-state index contributed by atoms with van der Waals surface area (Å²) in [5, 5.41) is 20.6. The summed E-state index contributed by atoms with van der Waals surface area (Å²) in [6, 6.07) is 12.2. The normalized spacial score (nSPS) is 14.2. The van der Waals surface area contributed by atoms with Crippen molar-refractivity contribution in [3.05, 3.63) is 77.4 Å². The summed E-state index contributed by atoms with van der Waals surface area (Å²) in [6.07, 6.45) is -4.97. The minimum atomic E-state index is -4.69. The minimum Gasteiger partial charge on any atom is -0.465 e. The number of nitriles is 1.